The first-order chi connectivity index (χ1) is 10.1. The van der Waals surface area contributed by atoms with Gasteiger partial charge in [-0.3, -0.25) is 4.79 Å². The Morgan fingerprint density at radius 2 is 2.00 bits per heavy atom. The quantitative estimate of drug-likeness (QED) is 0.560. The molecule has 21 heavy (non-hydrogen) atoms. The van der Waals surface area contributed by atoms with E-state index >= 15 is 0 Å². The number of aromatic amines is 1. The molecule has 0 spiro atoms. The van der Waals surface area contributed by atoms with Crippen molar-refractivity contribution in [1.82, 2.24) is 4.98 Å². The van der Waals surface area contributed by atoms with E-state index in [9.17, 15) is 4.79 Å². The molecule has 3 N–H and O–H groups in total. The number of hydrogen-bond donors (Lipinski definition) is 2. The second kappa shape index (κ2) is 4.97. The smallest absolute Gasteiger partial charge is 0.197 e. The molecule has 0 fully saturated rings. The largest absolute Gasteiger partial charge is 0.398 e. The molecule has 2 aromatic carbocycles. The van der Waals surface area contributed by atoms with Crippen molar-refractivity contribution in [3.8, 4) is 6.07 Å². The van der Waals surface area contributed by atoms with Gasteiger partial charge in [0.05, 0.1) is 11.6 Å². The van der Waals surface area contributed by atoms with Crippen LogP contribution in [0.3, 0.4) is 0 Å². The summed E-state index contributed by atoms with van der Waals surface area (Å²) in [5.41, 5.74) is 8.36. The van der Waals surface area contributed by atoms with Gasteiger partial charge in [-0.15, -0.1) is 0 Å². The number of H-pyrrole nitrogens is 1. The zero-order chi connectivity index (χ0) is 15.0. The number of aromatic nitrogens is 1. The van der Waals surface area contributed by atoms with E-state index in [4.69, 9.17) is 22.6 Å². The number of anilines is 1. The third-order valence-corrected chi connectivity index (χ3v) is 3.55. The van der Waals surface area contributed by atoms with Gasteiger partial charge in [0.25, 0.3) is 0 Å². The lowest BCUT2D eigenvalue weighted by Crippen LogP contribution is -2.04. The van der Waals surface area contributed by atoms with Crippen LogP contribution in [-0.2, 0) is 0 Å². The summed E-state index contributed by atoms with van der Waals surface area (Å²) in [5, 5.41) is 10.2. The zero-order valence-corrected chi connectivity index (χ0v) is 11.6. The number of nitrogens with zero attached hydrogens (tertiary/aromatic N) is 1. The lowest BCUT2D eigenvalue weighted by Gasteiger charge is -2.04. The molecule has 0 aliphatic carbocycles. The van der Waals surface area contributed by atoms with Gasteiger partial charge in [0.2, 0.25) is 0 Å². The first-order valence-corrected chi connectivity index (χ1v) is 6.59. The topological polar surface area (TPSA) is 82.7 Å². The van der Waals surface area contributed by atoms with Crippen molar-refractivity contribution >= 4 is 34.0 Å². The highest BCUT2D eigenvalue weighted by Crippen LogP contribution is 2.26. The van der Waals surface area contributed by atoms with Crippen LogP contribution >= 0.6 is 11.6 Å². The van der Waals surface area contributed by atoms with Crippen molar-refractivity contribution in [3.05, 3.63) is 64.3 Å². The number of nitrogens with two attached hydrogens (primary N) is 1. The van der Waals surface area contributed by atoms with E-state index in [1.54, 1.807) is 42.6 Å². The Kier molecular flexibility index (Phi) is 3.13. The molecule has 0 unspecified atom stereocenters. The number of carbonyl (C=O) groups excluding carboxylic acids is 1. The molecular weight excluding hydrogens is 286 g/mol. The molecule has 5 heteroatoms. The number of nitriles is 1. The maximum absolute atomic E-state index is 12.6. The summed E-state index contributed by atoms with van der Waals surface area (Å²) in [4.78, 5) is 15.7. The molecule has 0 bridgehead atoms. The maximum atomic E-state index is 12.6. The molecule has 3 aromatic rings. The Morgan fingerprint density at radius 3 is 2.71 bits per heavy atom. The second-order valence-corrected chi connectivity index (χ2v) is 5.07. The van der Waals surface area contributed by atoms with E-state index in [0.29, 0.717) is 32.8 Å². The van der Waals surface area contributed by atoms with Crippen LogP contribution in [0.2, 0.25) is 5.02 Å². The summed E-state index contributed by atoms with van der Waals surface area (Å²) in [6.07, 6.45) is 1.63. The number of halogens is 1. The molecular formula is C16H10ClN3O. The Balaban J connectivity index is 2.16. The van der Waals surface area contributed by atoms with E-state index in [-0.39, 0.29) is 5.78 Å². The molecule has 0 saturated heterocycles. The van der Waals surface area contributed by atoms with Gasteiger partial charge in [0, 0.05) is 38.9 Å². The van der Waals surface area contributed by atoms with Crippen LogP contribution in [0.5, 0.6) is 0 Å². The predicted molar refractivity (Wildman–Crippen MR) is 82.3 cm³/mol. The number of hydrogen-bond acceptors (Lipinski definition) is 3. The monoisotopic (exact) mass is 295 g/mol. The van der Waals surface area contributed by atoms with Gasteiger partial charge in [0.15, 0.2) is 5.78 Å². The van der Waals surface area contributed by atoms with E-state index < -0.39 is 0 Å². The van der Waals surface area contributed by atoms with E-state index in [0.717, 1.165) is 5.52 Å². The summed E-state index contributed by atoms with van der Waals surface area (Å²) in [6.45, 7) is 0. The molecule has 0 aliphatic heterocycles. The molecule has 4 nitrogen and oxygen atoms in total. The van der Waals surface area contributed by atoms with E-state index in [1.807, 2.05) is 0 Å². The molecule has 0 radical (unpaired) electrons. The van der Waals surface area contributed by atoms with Crippen LogP contribution in [0.1, 0.15) is 21.5 Å². The number of nitrogens with one attached hydrogen (secondary N) is 1. The number of nitrogen functional groups attached to an aromatic ring is 1. The molecule has 102 valence electrons. The minimum absolute atomic E-state index is 0.203. The SMILES string of the molecule is N#Cc1ccc2[nH]cc(C(=O)c3ccc(Cl)cc3N)c2c1. The van der Waals surface area contributed by atoms with Crippen molar-refractivity contribution < 1.29 is 4.79 Å². The Hall–Kier alpha value is -2.77. The van der Waals surface area contributed by atoms with Crippen molar-refractivity contribution in [2.45, 2.75) is 0 Å². The van der Waals surface area contributed by atoms with Gasteiger partial charge in [-0.25, -0.2) is 0 Å². The normalized spacial score (nSPS) is 10.5. The van der Waals surface area contributed by atoms with Crippen LogP contribution in [0.15, 0.2) is 42.6 Å². The van der Waals surface area contributed by atoms with Crippen molar-refractivity contribution in [2.24, 2.45) is 0 Å². The summed E-state index contributed by atoms with van der Waals surface area (Å²) in [5.74, 6) is -0.203. The van der Waals surface area contributed by atoms with E-state index in [2.05, 4.69) is 11.1 Å². The highest BCUT2D eigenvalue weighted by molar-refractivity contribution is 6.31. The maximum Gasteiger partial charge on any atom is 0.197 e. The number of fused-ring (bicyclic) bond motifs is 1. The number of ketones is 1. The van der Waals surface area contributed by atoms with Gasteiger partial charge < -0.3 is 10.7 Å². The molecule has 0 amide bonds. The highest BCUT2D eigenvalue weighted by Gasteiger charge is 2.17. The molecule has 1 heterocycles. The first kappa shape index (κ1) is 13.2. The fraction of sp³-hybridized carbons (Fsp3) is 0. The second-order valence-electron chi connectivity index (χ2n) is 4.64. The van der Waals surface area contributed by atoms with Gasteiger partial charge in [-0.05, 0) is 36.4 Å². The standard InChI is InChI=1S/C16H10ClN3O/c17-10-2-3-11(14(19)6-10)16(21)13-8-20-15-4-1-9(7-18)5-12(13)15/h1-6,8,20H,19H2. The molecule has 0 saturated carbocycles. The average molecular weight is 296 g/mol. The minimum atomic E-state index is -0.203. The van der Waals surface area contributed by atoms with Gasteiger partial charge in [-0.2, -0.15) is 5.26 Å². The zero-order valence-electron chi connectivity index (χ0n) is 10.9. The number of carbonyl (C=O) groups is 1. The van der Waals surface area contributed by atoms with Crippen molar-refractivity contribution in [3.63, 3.8) is 0 Å². The molecule has 3 rings (SSSR count). The third-order valence-electron chi connectivity index (χ3n) is 3.31. The van der Waals surface area contributed by atoms with Crippen LogP contribution in [-0.4, -0.2) is 10.8 Å². The summed E-state index contributed by atoms with van der Waals surface area (Å²) in [6, 6.07) is 12.0. The molecule has 0 aliphatic rings. The van der Waals surface area contributed by atoms with E-state index in [1.165, 1.54) is 0 Å². The fourth-order valence-electron chi connectivity index (χ4n) is 2.26. The van der Waals surface area contributed by atoms with Crippen LogP contribution in [0, 0.1) is 11.3 Å². The van der Waals surface area contributed by atoms with Crippen LogP contribution in [0.4, 0.5) is 5.69 Å². The predicted octanol–water partition coefficient (Wildman–Crippen LogP) is 3.51. The van der Waals surface area contributed by atoms with Gasteiger partial charge in [-0.1, -0.05) is 11.6 Å². The lowest BCUT2D eigenvalue weighted by atomic mass is 10.0. The minimum Gasteiger partial charge on any atom is -0.398 e. The van der Waals surface area contributed by atoms with Gasteiger partial charge in [0.1, 0.15) is 0 Å². The van der Waals surface area contributed by atoms with Gasteiger partial charge >= 0.3 is 0 Å². The first-order valence-electron chi connectivity index (χ1n) is 6.21. The Morgan fingerprint density at radius 1 is 1.19 bits per heavy atom. The van der Waals surface area contributed by atoms with Crippen molar-refractivity contribution in [1.29, 1.82) is 5.26 Å². The average Bonchev–Trinajstić information content (AvgIpc) is 2.89. The molecule has 0 atom stereocenters. The summed E-state index contributed by atoms with van der Waals surface area (Å²) in [7, 11) is 0. The number of benzene rings is 2. The fourth-order valence-corrected chi connectivity index (χ4v) is 2.44. The Bertz CT molecular complexity index is 906. The lowest BCUT2D eigenvalue weighted by molar-refractivity contribution is 0.104. The molecule has 1 aromatic heterocycles. The summed E-state index contributed by atoms with van der Waals surface area (Å²) < 4.78 is 0. The Labute approximate surface area is 125 Å². The van der Waals surface area contributed by atoms with Crippen molar-refractivity contribution in [2.75, 3.05) is 5.73 Å². The number of rotatable bonds is 2. The highest BCUT2D eigenvalue weighted by atomic mass is 35.5. The summed E-state index contributed by atoms with van der Waals surface area (Å²) >= 11 is 5.85. The third kappa shape index (κ3) is 2.24. The van der Waals surface area contributed by atoms with Crippen LogP contribution in [0.25, 0.3) is 10.9 Å². The van der Waals surface area contributed by atoms with Crippen LogP contribution < -0.4 is 5.73 Å².